The van der Waals surface area contributed by atoms with E-state index in [9.17, 15) is 9.59 Å². The van der Waals surface area contributed by atoms with Gasteiger partial charge in [-0.05, 0) is 25.2 Å². The Hall–Kier alpha value is -1.17. The maximum Gasteiger partial charge on any atom is 0.146 e. The summed E-state index contributed by atoms with van der Waals surface area (Å²) >= 11 is 0. The van der Waals surface area contributed by atoms with Gasteiger partial charge in [-0.15, -0.1) is 0 Å². The molecular formula is C15H25NO2. The molecule has 0 aliphatic carbocycles. The maximum atomic E-state index is 12.2. The third kappa shape index (κ3) is 4.25. The zero-order valence-electron chi connectivity index (χ0n) is 12.1. The highest BCUT2D eigenvalue weighted by molar-refractivity contribution is 6.06. The van der Waals surface area contributed by atoms with Crippen LogP contribution in [0.4, 0.5) is 0 Å². The molecule has 0 saturated carbocycles. The highest BCUT2D eigenvalue weighted by atomic mass is 16.2. The Morgan fingerprint density at radius 1 is 1.11 bits per heavy atom. The zero-order chi connectivity index (χ0) is 14.2. The molecule has 0 aliphatic heterocycles. The lowest BCUT2D eigenvalue weighted by atomic mass is 9.69. The lowest BCUT2D eigenvalue weighted by Gasteiger charge is -2.30. The second-order valence-electron chi connectivity index (χ2n) is 5.23. The van der Waals surface area contributed by atoms with Crippen LogP contribution in [0.3, 0.4) is 0 Å². The summed E-state index contributed by atoms with van der Waals surface area (Å²) in [5, 5.41) is 8.74. The highest BCUT2D eigenvalue weighted by Gasteiger charge is 2.42. The average Bonchev–Trinajstić information content (AvgIpc) is 2.37. The van der Waals surface area contributed by atoms with Gasteiger partial charge in [0.25, 0.3) is 0 Å². The summed E-state index contributed by atoms with van der Waals surface area (Å²) in [7, 11) is 0. The molecule has 3 nitrogen and oxygen atoms in total. The minimum absolute atomic E-state index is 0.00486. The zero-order valence-corrected chi connectivity index (χ0v) is 12.1. The van der Waals surface area contributed by atoms with Gasteiger partial charge in [0, 0.05) is 19.3 Å². The summed E-state index contributed by atoms with van der Waals surface area (Å²) < 4.78 is 0. The first-order valence-electron chi connectivity index (χ1n) is 6.88. The third-order valence-corrected chi connectivity index (χ3v) is 3.52. The normalized spacial score (nSPS) is 11.3. The number of Topliss-reactive ketones (excluding diaryl/α,β-unsaturated/α-hetero) is 2. The summed E-state index contributed by atoms with van der Waals surface area (Å²) in [6, 6.07) is 2.06. The third-order valence-electron chi connectivity index (χ3n) is 3.52. The van der Waals surface area contributed by atoms with E-state index in [2.05, 4.69) is 19.9 Å². The second-order valence-corrected chi connectivity index (χ2v) is 5.23. The number of rotatable bonds is 9. The molecule has 0 heterocycles. The van der Waals surface area contributed by atoms with Crippen molar-refractivity contribution in [2.75, 3.05) is 0 Å². The molecule has 0 aromatic carbocycles. The number of nitrogens with zero attached hydrogens (tertiary/aromatic N) is 1. The first-order chi connectivity index (χ1) is 8.44. The summed E-state index contributed by atoms with van der Waals surface area (Å²) in [5.74, 6) is 0.469. The van der Waals surface area contributed by atoms with Gasteiger partial charge in [0.05, 0.1) is 11.5 Å². The molecule has 0 spiro atoms. The largest absolute Gasteiger partial charge is 0.299 e. The van der Waals surface area contributed by atoms with Crippen LogP contribution >= 0.6 is 0 Å². The molecule has 0 radical (unpaired) electrons. The van der Waals surface area contributed by atoms with Gasteiger partial charge in [-0.1, -0.05) is 27.7 Å². The molecule has 0 fully saturated rings. The molecule has 0 amide bonds. The minimum Gasteiger partial charge on any atom is -0.299 e. The summed E-state index contributed by atoms with van der Waals surface area (Å²) in [4.78, 5) is 24.4. The lowest BCUT2D eigenvalue weighted by molar-refractivity contribution is -0.141. The topological polar surface area (TPSA) is 57.9 Å². The Labute approximate surface area is 111 Å². The quantitative estimate of drug-likeness (QED) is 0.587. The lowest BCUT2D eigenvalue weighted by Crippen LogP contribution is -2.39. The van der Waals surface area contributed by atoms with E-state index in [1.807, 2.05) is 0 Å². The van der Waals surface area contributed by atoms with Crippen molar-refractivity contribution in [3.8, 4) is 6.07 Å². The highest BCUT2D eigenvalue weighted by Crippen LogP contribution is 2.35. The number of hydrogen-bond donors (Lipinski definition) is 0. The first kappa shape index (κ1) is 16.8. The molecule has 3 heteroatoms. The molecule has 0 saturated heterocycles. The monoisotopic (exact) mass is 251 g/mol. The van der Waals surface area contributed by atoms with Crippen molar-refractivity contribution in [2.45, 2.75) is 66.2 Å². The summed E-state index contributed by atoms with van der Waals surface area (Å²) in [5.41, 5.74) is -0.899. The van der Waals surface area contributed by atoms with Crippen LogP contribution in [0.25, 0.3) is 0 Å². The standard InChI is InChI=1S/C15H25NO2/c1-5-13(17)15(9-7-11-16,14(18)6-2)10-8-12(3)4/h12H,5-10H2,1-4H3. The van der Waals surface area contributed by atoms with Crippen molar-refractivity contribution in [3.05, 3.63) is 0 Å². The molecule has 0 bridgehead atoms. The molecule has 0 rings (SSSR count). The molecule has 0 aliphatic rings. The van der Waals surface area contributed by atoms with Crippen molar-refractivity contribution in [3.63, 3.8) is 0 Å². The van der Waals surface area contributed by atoms with E-state index < -0.39 is 5.41 Å². The number of ketones is 2. The first-order valence-corrected chi connectivity index (χ1v) is 6.88. The number of nitriles is 1. The van der Waals surface area contributed by atoms with E-state index in [1.165, 1.54) is 0 Å². The predicted molar refractivity (Wildman–Crippen MR) is 71.9 cm³/mol. The van der Waals surface area contributed by atoms with E-state index in [-0.39, 0.29) is 18.0 Å². The van der Waals surface area contributed by atoms with Crippen LogP contribution in [0.1, 0.15) is 66.2 Å². The van der Waals surface area contributed by atoms with Crippen LogP contribution in [0.5, 0.6) is 0 Å². The van der Waals surface area contributed by atoms with Gasteiger partial charge < -0.3 is 0 Å². The Balaban J connectivity index is 5.19. The van der Waals surface area contributed by atoms with Gasteiger partial charge in [-0.25, -0.2) is 0 Å². The Morgan fingerprint density at radius 3 is 1.94 bits per heavy atom. The maximum absolute atomic E-state index is 12.2. The van der Waals surface area contributed by atoms with Crippen molar-refractivity contribution in [1.82, 2.24) is 0 Å². The molecule has 0 N–H and O–H groups in total. The van der Waals surface area contributed by atoms with Crippen molar-refractivity contribution >= 4 is 11.6 Å². The van der Waals surface area contributed by atoms with Crippen molar-refractivity contribution in [1.29, 1.82) is 5.26 Å². The van der Waals surface area contributed by atoms with Gasteiger partial charge in [0.1, 0.15) is 11.6 Å². The Morgan fingerprint density at radius 2 is 1.61 bits per heavy atom. The second kappa shape index (κ2) is 8.02. The van der Waals surface area contributed by atoms with Gasteiger partial charge in [0.2, 0.25) is 0 Å². The van der Waals surface area contributed by atoms with Gasteiger partial charge in [-0.3, -0.25) is 9.59 Å². The number of carbonyl (C=O) groups excluding carboxylic acids is 2. The minimum atomic E-state index is -0.899. The van der Waals surface area contributed by atoms with Gasteiger partial charge in [-0.2, -0.15) is 5.26 Å². The van der Waals surface area contributed by atoms with Crippen LogP contribution in [0.2, 0.25) is 0 Å². The van der Waals surface area contributed by atoms with Crippen LogP contribution in [0, 0.1) is 22.7 Å². The van der Waals surface area contributed by atoms with E-state index in [1.54, 1.807) is 13.8 Å². The fourth-order valence-electron chi connectivity index (χ4n) is 2.32. The molecular weight excluding hydrogens is 226 g/mol. The predicted octanol–water partition coefficient (Wildman–Crippen LogP) is 3.67. The van der Waals surface area contributed by atoms with E-state index in [0.717, 1.165) is 6.42 Å². The summed E-state index contributed by atoms with van der Waals surface area (Å²) in [6.45, 7) is 7.76. The fraction of sp³-hybridized carbons (Fsp3) is 0.800. The van der Waals surface area contributed by atoms with Gasteiger partial charge >= 0.3 is 0 Å². The van der Waals surface area contributed by atoms with Gasteiger partial charge in [0.15, 0.2) is 0 Å². The van der Waals surface area contributed by atoms with Crippen molar-refractivity contribution in [2.24, 2.45) is 11.3 Å². The average molecular weight is 251 g/mol. The Kier molecular flexibility index (Phi) is 7.50. The number of hydrogen-bond acceptors (Lipinski definition) is 3. The van der Waals surface area contributed by atoms with E-state index in [4.69, 9.17) is 5.26 Å². The number of carbonyl (C=O) groups is 2. The molecule has 0 aromatic heterocycles. The van der Waals surface area contributed by atoms with Crippen LogP contribution < -0.4 is 0 Å². The summed E-state index contributed by atoms with van der Waals surface area (Å²) in [6.07, 6.45) is 2.84. The van der Waals surface area contributed by atoms with E-state index >= 15 is 0 Å². The molecule has 0 unspecified atom stereocenters. The molecule has 18 heavy (non-hydrogen) atoms. The molecule has 0 aromatic rings. The fourth-order valence-corrected chi connectivity index (χ4v) is 2.32. The van der Waals surface area contributed by atoms with E-state index in [0.29, 0.717) is 31.6 Å². The van der Waals surface area contributed by atoms with Crippen LogP contribution in [-0.4, -0.2) is 11.6 Å². The smallest absolute Gasteiger partial charge is 0.146 e. The van der Waals surface area contributed by atoms with Crippen LogP contribution in [-0.2, 0) is 9.59 Å². The molecule has 102 valence electrons. The SMILES string of the molecule is CCC(=O)C(CCC#N)(CCC(C)C)C(=O)CC. The van der Waals surface area contributed by atoms with Crippen LogP contribution in [0.15, 0.2) is 0 Å². The molecule has 0 atom stereocenters. The Bertz CT molecular complexity index is 310. The van der Waals surface area contributed by atoms with Crippen molar-refractivity contribution < 1.29 is 9.59 Å².